The van der Waals surface area contributed by atoms with Crippen molar-refractivity contribution in [3.8, 4) is 11.4 Å². The van der Waals surface area contributed by atoms with Crippen LogP contribution >= 0.6 is 0 Å². The second kappa shape index (κ2) is 6.41. The van der Waals surface area contributed by atoms with Crippen molar-refractivity contribution in [2.75, 3.05) is 0 Å². The zero-order chi connectivity index (χ0) is 20.3. The van der Waals surface area contributed by atoms with Crippen molar-refractivity contribution in [1.82, 2.24) is 19.5 Å². The first-order valence-corrected chi connectivity index (χ1v) is 10.1. The third-order valence-electron chi connectivity index (χ3n) is 5.58. The molecule has 0 aliphatic heterocycles. The summed E-state index contributed by atoms with van der Waals surface area (Å²) < 4.78 is 8.41. The Morgan fingerprint density at radius 2 is 1.72 bits per heavy atom. The number of hydrogen-bond donors (Lipinski definition) is 0. The van der Waals surface area contributed by atoms with Crippen LogP contribution in [0.4, 0.5) is 0 Å². The van der Waals surface area contributed by atoms with Gasteiger partial charge in [-0.1, -0.05) is 39.8 Å². The molecule has 0 fully saturated rings. The third kappa shape index (κ3) is 2.64. The van der Waals surface area contributed by atoms with E-state index < -0.39 is 0 Å². The van der Waals surface area contributed by atoms with Crippen molar-refractivity contribution in [2.45, 2.75) is 39.5 Å². The lowest BCUT2D eigenvalue weighted by atomic mass is 10.1. The number of rotatable bonds is 3. The molecule has 4 heterocycles. The Bertz CT molecular complexity index is 1370. The average Bonchev–Trinajstić information content (AvgIpc) is 3.25. The highest BCUT2D eigenvalue weighted by Gasteiger charge is 2.20. The molecule has 0 aliphatic carbocycles. The Kier molecular flexibility index (Phi) is 3.95. The number of furan rings is 1. The molecule has 0 saturated carbocycles. The van der Waals surface area contributed by atoms with Gasteiger partial charge < -0.3 is 8.98 Å². The number of aryl methyl sites for hydroxylation is 1. The molecule has 0 saturated heterocycles. The molecule has 5 aromatic rings. The molecular formula is C24H24N4O. The number of pyridine rings is 2. The Morgan fingerprint density at radius 1 is 0.897 bits per heavy atom. The van der Waals surface area contributed by atoms with Crippen molar-refractivity contribution >= 4 is 33.1 Å². The van der Waals surface area contributed by atoms with Gasteiger partial charge in [0.15, 0.2) is 0 Å². The summed E-state index contributed by atoms with van der Waals surface area (Å²) in [4.78, 5) is 14.3. The molecule has 0 N–H and O–H groups in total. The van der Waals surface area contributed by atoms with Gasteiger partial charge in [-0.25, -0.2) is 9.97 Å². The van der Waals surface area contributed by atoms with E-state index in [9.17, 15) is 0 Å². The summed E-state index contributed by atoms with van der Waals surface area (Å²) in [6.45, 7) is 8.60. The summed E-state index contributed by atoms with van der Waals surface area (Å²) in [5, 5.41) is 2.10. The minimum atomic E-state index is 0.322. The van der Waals surface area contributed by atoms with Crippen molar-refractivity contribution < 1.29 is 4.42 Å². The lowest BCUT2D eigenvalue weighted by Gasteiger charge is -2.08. The molecule has 146 valence electrons. The van der Waals surface area contributed by atoms with Crippen molar-refractivity contribution in [2.24, 2.45) is 7.05 Å². The molecular weight excluding hydrogens is 360 g/mol. The van der Waals surface area contributed by atoms with Gasteiger partial charge in [0.1, 0.15) is 11.4 Å². The number of fused-ring (bicyclic) bond motifs is 4. The Morgan fingerprint density at radius 3 is 2.48 bits per heavy atom. The Hall–Kier alpha value is -3.21. The third-order valence-corrected chi connectivity index (χ3v) is 5.58. The first-order valence-electron chi connectivity index (χ1n) is 10.1. The summed E-state index contributed by atoms with van der Waals surface area (Å²) in [6.07, 6.45) is 1.84. The van der Waals surface area contributed by atoms with Gasteiger partial charge in [-0.2, -0.15) is 0 Å². The maximum absolute atomic E-state index is 6.28. The van der Waals surface area contributed by atoms with E-state index in [-0.39, 0.29) is 0 Å². The molecule has 5 heteroatoms. The minimum Gasteiger partial charge on any atom is -0.437 e. The molecule has 5 nitrogen and oxygen atoms in total. The summed E-state index contributed by atoms with van der Waals surface area (Å²) in [6, 6.07) is 12.4. The van der Waals surface area contributed by atoms with E-state index in [1.165, 1.54) is 0 Å². The van der Waals surface area contributed by atoms with Crippen molar-refractivity contribution in [3.63, 3.8) is 0 Å². The van der Waals surface area contributed by atoms with Crippen LogP contribution in [0.1, 0.15) is 50.9 Å². The largest absolute Gasteiger partial charge is 0.437 e. The highest BCUT2D eigenvalue weighted by molar-refractivity contribution is 6.08. The van der Waals surface area contributed by atoms with Crippen molar-refractivity contribution in [1.29, 1.82) is 0 Å². The van der Waals surface area contributed by atoms with Crippen LogP contribution in [-0.2, 0) is 7.05 Å². The first kappa shape index (κ1) is 17.9. The quantitative estimate of drug-likeness (QED) is 0.373. The fourth-order valence-corrected chi connectivity index (χ4v) is 4.04. The fourth-order valence-electron chi connectivity index (χ4n) is 4.04. The Labute approximate surface area is 169 Å². The van der Waals surface area contributed by atoms with Gasteiger partial charge in [0, 0.05) is 29.7 Å². The highest BCUT2D eigenvalue weighted by Crippen LogP contribution is 2.36. The smallest absolute Gasteiger partial charge is 0.227 e. The standard InChI is InChI=1S/C24H24N4O/c1-13(2)18-10-9-16-15-7-6-8-17(22(15)29-24(16)27-18)23-26-19-11-12-25-20(14(3)4)21(19)28(23)5/h6-14H,1-5H3. The second-order valence-corrected chi connectivity index (χ2v) is 8.24. The number of hydrogen-bond acceptors (Lipinski definition) is 4. The van der Waals surface area contributed by atoms with E-state index >= 15 is 0 Å². The van der Waals surface area contributed by atoms with E-state index in [1.807, 2.05) is 12.3 Å². The monoisotopic (exact) mass is 384 g/mol. The average molecular weight is 384 g/mol. The van der Waals surface area contributed by atoms with E-state index in [1.54, 1.807) is 0 Å². The van der Waals surface area contributed by atoms with Crippen LogP contribution < -0.4 is 0 Å². The van der Waals surface area contributed by atoms with Crippen LogP contribution in [0.2, 0.25) is 0 Å². The lowest BCUT2D eigenvalue weighted by Crippen LogP contribution is -1.99. The molecule has 1 aromatic carbocycles. The molecule has 29 heavy (non-hydrogen) atoms. The topological polar surface area (TPSA) is 56.7 Å². The van der Waals surface area contributed by atoms with Gasteiger partial charge in [-0.15, -0.1) is 0 Å². The minimum absolute atomic E-state index is 0.322. The first-order chi connectivity index (χ1) is 14.0. The number of nitrogens with zero attached hydrogens (tertiary/aromatic N) is 4. The maximum atomic E-state index is 6.28. The van der Waals surface area contributed by atoms with Crippen LogP contribution in [0.3, 0.4) is 0 Å². The van der Waals surface area contributed by atoms with Crippen LogP contribution in [0.5, 0.6) is 0 Å². The normalized spacial score (nSPS) is 12.2. The molecule has 0 unspecified atom stereocenters. The highest BCUT2D eigenvalue weighted by atomic mass is 16.3. The van der Waals surface area contributed by atoms with E-state index in [4.69, 9.17) is 14.4 Å². The van der Waals surface area contributed by atoms with Gasteiger partial charge in [-0.05, 0) is 36.1 Å². The summed E-state index contributed by atoms with van der Waals surface area (Å²) >= 11 is 0. The number of benzene rings is 1. The van der Waals surface area contributed by atoms with Crippen LogP contribution in [0.15, 0.2) is 47.0 Å². The molecule has 0 amide bonds. The van der Waals surface area contributed by atoms with Crippen molar-refractivity contribution in [3.05, 3.63) is 54.0 Å². The number of aromatic nitrogens is 4. The number of imidazole rings is 1. The van der Waals surface area contributed by atoms with Gasteiger partial charge in [-0.3, -0.25) is 4.98 Å². The molecule has 0 bridgehead atoms. The van der Waals surface area contributed by atoms with E-state index in [0.717, 1.165) is 50.2 Å². The molecule has 5 rings (SSSR count). The fraction of sp³-hybridized carbons (Fsp3) is 0.292. The molecule has 0 radical (unpaired) electrons. The zero-order valence-corrected chi connectivity index (χ0v) is 17.4. The number of para-hydroxylation sites is 1. The van der Waals surface area contributed by atoms with E-state index in [0.29, 0.717) is 17.5 Å². The molecule has 4 aromatic heterocycles. The van der Waals surface area contributed by atoms with Crippen LogP contribution in [-0.4, -0.2) is 19.5 Å². The molecule has 0 spiro atoms. The van der Waals surface area contributed by atoms with Gasteiger partial charge in [0.2, 0.25) is 5.71 Å². The Balaban J connectivity index is 1.80. The van der Waals surface area contributed by atoms with Gasteiger partial charge in [0.05, 0.1) is 22.3 Å². The molecule has 0 atom stereocenters. The van der Waals surface area contributed by atoms with Gasteiger partial charge in [0.25, 0.3) is 0 Å². The second-order valence-electron chi connectivity index (χ2n) is 8.24. The summed E-state index contributed by atoms with van der Waals surface area (Å²) in [5.41, 5.74) is 6.60. The molecule has 0 aliphatic rings. The summed E-state index contributed by atoms with van der Waals surface area (Å²) in [7, 11) is 2.05. The van der Waals surface area contributed by atoms with Crippen LogP contribution in [0, 0.1) is 0 Å². The summed E-state index contributed by atoms with van der Waals surface area (Å²) in [5.74, 6) is 1.56. The maximum Gasteiger partial charge on any atom is 0.227 e. The predicted molar refractivity (Wildman–Crippen MR) is 117 cm³/mol. The van der Waals surface area contributed by atoms with Crippen LogP contribution in [0.25, 0.3) is 44.5 Å². The lowest BCUT2D eigenvalue weighted by molar-refractivity contribution is 0.648. The zero-order valence-electron chi connectivity index (χ0n) is 17.4. The van der Waals surface area contributed by atoms with Gasteiger partial charge >= 0.3 is 0 Å². The predicted octanol–water partition coefficient (Wildman–Crippen LogP) is 6.18. The SMILES string of the molecule is CC(C)c1ccc2c(n1)oc1c(-c3nc4ccnc(C(C)C)c4n3C)cccc12. The van der Waals surface area contributed by atoms with E-state index in [2.05, 4.69) is 74.6 Å².